The summed E-state index contributed by atoms with van der Waals surface area (Å²) in [7, 11) is 0. The number of thioether (sulfide) groups is 1. The lowest BCUT2D eigenvalue weighted by molar-refractivity contribution is -0.137. The van der Waals surface area contributed by atoms with Gasteiger partial charge in [0.2, 0.25) is 5.91 Å². The lowest BCUT2D eigenvalue weighted by atomic mass is 10.4. The van der Waals surface area contributed by atoms with Crippen LogP contribution in [0.3, 0.4) is 0 Å². The van der Waals surface area contributed by atoms with E-state index in [0.717, 1.165) is 4.47 Å². The fourth-order valence-corrected chi connectivity index (χ4v) is 1.99. The molecule has 0 aromatic carbocycles. The summed E-state index contributed by atoms with van der Waals surface area (Å²) in [6, 6.07) is 2.47. The van der Waals surface area contributed by atoms with Crippen molar-refractivity contribution >= 4 is 45.4 Å². The molecule has 8 heteroatoms. The van der Waals surface area contributed by atoms with Crippen molar-refractivity contribution < 1.29 is 14.7 Å². The average Bonchev–Trinajstić information content (AvgIpc) is 2.32. The Hall–Kier alpha value is -1.12. The van der Waals surface area contributed by atoms with E-state index >= 15 is 0 Å². The zero-order chi connectivity index (χ0) is 13.5. The molecule has 1 aromatic rings. The third-order valence-electron chi connectivity index (χ3n) is 1.84. The molecule has 4 N–H and O–H groups in total. The molecule has 1 amide bonds. The molecule has 0 spiro atoms. The zero-order valence-electron chi connectivity index (χ0n) is 9.30. The maximum atomic E-state index is 11.5. The molecule has 0 fully saturated rings. The molecule has 0 aliphatic heterocycles. The summed E-state index contributed by atoms with van der Waals surface area (Å²) in [6.07, 6.45) is 1.57. The smallest absolute Gasteiger partial charge is 0.321 e. The number of nitrogens with two attached hydrogens (primary N) is 1. The van der Waals surface area contributed by atoms with Crippen molar-refractivity contribution in [2.45, 2.75) is 6.04 Å². The van der Waals surface area contributed by atoms with E-state index in [1.165, 1.54) is 11.8 Å². The number of halogens is 1. The van der Waals surface area contributed by atoms with Crippen LogP contribution in [0, 0.1) is 0 Å². The minimum atomic E-state index is -1.07. The van der Waals surface area contributed by atoms with Gasteiger partial charge in [0.15, 0.2) is 0 Å². The predicted molar refractivity (Wildman–Crippen MR) is 73.5 cm³/mol. The molecule has 0 aliphatic carbocycles. The number of pyridine rings is 1. The summed E-state index contributed by atoms with van der Waals surface area (Å²) >= 11 is 4.40. The summed E-state index contributed by atoms with van der Waals surface area (Å²) < 4.78 is 0.822. The summed E-state index contributed by atoms with van der Waals surface area (Å²) in [5.74, 6) is -0.536. The van der Waals surface area contributed by atoms with Crippen LogP contribution in [0.4, 0.5) is 5.82 Å². The molecule has 0 radical (unpaired) electrons. The molecule has 1 atom stereocenters. The Bertz CT molecular complexity index is 427. The number of nitrogens with one attached hydrogen (secondary N) is 1. The molecule has 18 heavy (non-hydrogen) atoms. The van der Waals surface area contributed by atoms with E-state index in [-0.39, 0.29) is 17.4 Å². The van der Waals surface area contributed by atoms with E-state index in [9.17, 15) is 9.59 Å². The van der Waals surface area contributed by atoms with Gasteiger partial charge in [-0.05, 0) is 28.1 Å². The van der Waals surface area contributed by atoms with Gasteiger partial charge in [-0.2, -0.15) is 0 Å². The van der Waals surface area contributed by atoms with Gasteiger partial charge in [-0.15, -0.1) is 11.8 Å². The van der Waals surface area contributed by atoms with Crippen molar-refractivity contribution in [1.82, 2.24) is 4.98 Å². The van der Waals surface area contributed by atoms with Crippen LogP contribution in [0.15, 0.2) is 22.8 Å². The van der Waals surface area contributed by atoms with Gasteiger partial charge in [0.1, 0.15) is 11.9 Å². The summed E-state index contributed by atoms with van der Waals surface area (Å²) in [6.45, 7) is 0. The minimum Gasteiger partial charge on any atom is -0.480 e. The van der Waals surface area contributed by atoms with Gasteiger partial charge in [0.05, 0.1) is 5.75 Å². The van der Waals surface area contributed by atoms with Crippen molar-refractivity contribution in [3.63, 3.8) is 0 Å². The Balaban J connectivity index is 2.30. The van der Waals surface area contributed by atoms with Crippen LogP contribution in [0.1, 0.15) is 0 Å². The lowest BCUT2D eigenvalue weighted by Gasteiger charge is -2.06. The Labute approximate surface area is 116 Å². The Morgan fingerprint density at radius 1 is 1.56 bits per heavy atom. The number of hydrogen-bond acceptors (Lipinski definition) is 5. The fraction of sp³-hybridized carbons (Fsp3) is 0.300. The number of aromatic nitrogens is 1. The van der Waals surface area contributed by atoms with Gasteiger partial charge >= 0.3 is 5.97 Å². The van der Waals surface area contributed by atoms with Crippen molar-refractivity contribution in [1.29, 1.82) is 0 Å². The number of carbonyl (C=O) groups is 2. The third kappa shape index (κ3) is 5.48. The van der Waals surface area contributed by atoms with Crippen LogP contribution >= 0.6 is 27.7 Å². The first-order valence-electron chi connectivity index (χ1n) is 4.96. The molecule has 98 valence electrons. The second-order valence-corrected chi connectivity index (χ2v) is 5.32. The standard InChI is InChI=1S/C10H12BrN3O3S/c11-6-1-2-8(13-3-6)14-9(15)5-18-4-7(12)10(16)17/h1-3,7H,4-5,12H2,(H,16,17)(H,13,14,15). The van der Waals surface area contributed by atoms with Gasteiger partial charge < -0.3 is 16.2 Å². The maximum Gasteiger partial charge on any atom is 0.321 e. The minimum absolute atomic E-state index is 0.138. The SMILES string of the molecule is NC(CSCC(=O)Nc1ccc(Br)cn1)C(=O)O. The number of aliphatic carboxylic acids is 1. The first kappa shape index (κ1) is 14.9. The summed E-state index contributed by atoms with van der Waals surface area (Å²) in [5, 5.41) is 11.1. The number of carboxylic acid groups (broad SMARTS) is 1. The number of rotatable bonds is 6. The Morgan fingerprint density at radius 3 is 2.83 bits per heavy atom. The average molecular weight is 334 g/mol. The van der Waals surface area contributed by atoms with E-state index < -0.39 is 12.0 Å². The fourth-order valence-electron chi connectivity index (χ4n) is 0.979. The van der Waals surface area contributed by atoms with Gasteiger partial charge in [-0.1, -0.05) is 0 Å². The molecule has 0 bridgehead atoms. The molecule has 1 heterocycles. The molecule has 0 saturated heterocycles. The number of anilines is 1. The van der Waals surface area contributed by atoms with Crippen LogP contribution in [-0.2, 0) is 9.59 Å². The third-order valence-corrected chi connectivity index (χ3v) is 3.37. The predicted octanol–water partition coefficient (Wildman–Crippen LogP) is 0.928. The Morgan fingerprint density at radius 2 is 2.28 bits per heavy atom. The van der Waals surface area contributed by atoms with Crippen LogP contribution in [0.2, 0.25) is 0 Å². The van der Waals surface area contributed by atoms with Gasteiger partial charge in [0, 0.05) is 16.4 Å². The van der Waals surface area contributed by atoms with Crippen molar-refractivity contribution in [2.24, 2.45) is 5.73 Å². The molecule has 6 nitrogen and oxygen atoms in total. The maximum absolute atomic E-state index is 11.5. The first-order chi connectivity index (χ1) is 8.49. The van der Waals surface area contributed by atoms with E-state index in [4.69, 9.17) is 10.8 Å². The number of amides is 1. The summed E-state index contributed by atoms with van der Waals surface area (Å²) in [5.41, 5.74) is 5.30. The van der Waals surface area contributed by atoms with E-state index in [0.29, 0.717) is 5.82 Å². The highest BCUT2D eigenvalue weighted by atomic mass is 79.9. The van der Waals surface area contributed by atoms with Gasteiger partial charge in [0.25, 0.3) is 0 Å². The Kier molecular flexibility index (Phi) is 6.10. The highest BCUT2D eigenvalue weighted by molar-refractivity contribution is 9.10. The van der Waals surface area contributed by atoms with Crippen LogP contribution in [0.25, 0.3) is 0 Å². The second-order valence-electron chi connectivity index (χ2n) is 3.37. The molecule has 0 saturated carbocycles. The van der Waals surface area contributed by atoms with E-state index in [1.807, 2.05) is 0 Å². The van der Waals surface area contributed by atoms with Crippen LogP contribution < -0.4 is 11.1 Å². The zero-order valence-corrected chi connectivity index (χ0v) is 11.7. The number of nitrogens with zero attached hydrogens (tertiary/aromatic N) is 1. The molecule has 1 aromatic heterocycles. The van der Waals surface area contributed by atoms with E-state index in [1.54, 1.807) is 18.3 Å². The van der Waals surface area contributed by atoms with Gasteiger partial charge in [-0.25, -0.2) is 4.98 Å². The highest BCUT2D eigenvalue weighted by Crippen LogP contribution is 2.11. The summed E-state index contributed by atoms with van der Waals surface area (Å²) in [4.78, 5) is 25.9. The number of carbonyl (C=O) groups excluding carboxylic acids is 1. The lowest BCUT2D eigenvalue weighted by Crippen LogP contribution is -2.33. The molecular formula is C10H12BrN3O3S. The van der Waals surface area contributed by atoms with Crippen molar-refractivity contribution in [3.8, 4) is 0 Å². The van der Waals surface area contributed by atoms with Crippen LogP contribution in [-0.4, -0.2) is 39.5 Å². The number of hydrogen-bond donors (Lipinski definition) is 3. The monoisotopic (exact) mass is 333 g/mol. The van der Waals surface area contributed by atoms with Gasteiger partial charge in [-0.3, -0.25) is 9.59 Å². The van der Waals surface area contributed by atoms with E-state index in [2.05, 4.69) is 26.2 Å². The topological polar surface area (TPSA) is 105 Å². The molecule has 1 unspecified atom stereocenters. The molecule has 0 aliphatic rings. The van der Waals surface area contributed by atoms with Crippen molar-refractivity contribution in [3.05, 3.63) is 22.8 Å². The number of carboxylic acids is 1. The van der Waals surface area contributed by atoms with Crippen molar-refractivity contribution in [2.75, 3.05) is 16.8 Å². The highest BCUT2D eigenvalue weighted by Gasteiger charge is 2.12. The first-order valence-corrected chi connectivity index (χ1v) is 6.91. The largest absolute Gasteiger partial charge is 0.480 e. The normalized spacial score (nSPS) is 11.9. The quantitative estimate of drug-likeness (QED) is 0.715. The van der Waals surface area contributed by atoms with Crippen LogP contribution in [0.5, 0.6) is 0 Å². The molecule has 1 rings (SSSR count). The molecular weight excluding hydrogens is 322 g/mol. The second kappa shape index (κ2) is 7.34.